The summed E-state index contributed by atoms with van der Waals surface area (Å²) in [5, 5.41) is 0. The van der Waals surface area contributed by atoms with Crippen LogP contribution in [-0.4, -0.2) is 13.2 Å². The summed E-state index contributed by atoms with van der Waals surface area (Å²) >= 11 is 0. The summed E-state index contributed by atoms with van der Waals surface area (Å²) in [6.45, 7) is 0. The zero-order valence-electron chi connectivity index (χ0n) is 7.57. The van der Waals surface area contributed by atoms with Gasteiger partial charge in [0, 0.05) is 7.11 Å². The van der Waals surface area contributed by atoms with Crippen LogP contribution in [0.15, 0.2) is 12.2 Å². The van der Waals surface area contributed by atoms with Gasteiger partial charge < -0.3 is 4.74 Å². The second kappa shape index (κ2) is 2.35. The molecule has 1 nitrogen and oxygen atoms in total. The van der Waals surface area contributed by atoms with E-state index in [1.807, 2.05) is 7.11 Å². The second-order valence-corrected chi connectivity index (χ2v) is 4.57. The second-order valence-electron chi connectivity index (χ2n) is 4.57. The largest absolute Gasteiger partial charge is 0.381 e. The topological polar surface area (TPSA) is 9.23 Å². The maximum atomic E-state index is 5.52. The number of fused-ring (bicyclic) bond motifs is 5. The molecule has 0 saturated heterocycles. The van der Waals surface area contributed by atoms with Gasteiger partial charge in [-0.2, -0.15) is 0 Å². The van der Waals surface area contributed by atoms with Crippen LogP contribution >= 0.6 is 0 Å². The van der Waals surface area contributed by atoms with Crippen LogP contribution in [0.1, 0.15) is 19.3 Å². The molecule has 12 heavy (non-hydrogen) atoms. The van der Waals surface area contributed by atoms with Gasteiger partial charge in [0.25, 0.3) is 0 Å². The Kier molecular flexibility index (Phi) is 1.40. The van der Waals surface area contributed by atoms with Gasteiger partial charge in [-0.25, -0.2) is 0 Å². The molecular formula is C11H16O. The summed E-state index contributed by atoms with van der Waals surface area (Å²) in [7, 11) is 1.87. The van der Waals surface area contributed by atoms with Crippen LogP contribution in [0, 0.1) is 23.7 Å². The third-order valence-corrected chi connectivity index (χ3v) is 4.25. The molecule has 0 N–H and O–H groups in total. The third kappa shape index (κ3) is 0.731. The SMILES string of the molecule is CO[C@@H]1C[C@@H]2C[C@H]1[C@@H]1C=CC[C@H]21. The summed E-state index contributed by atoms with van der Waals surface area (Å²) in [5.74, 6) is 3.73. The molecule has 3 aliphatic rings. The predicted molar refractivity (Wildman–Crippen MR) is 47.7 cm³/mol. The Morgan fingerprint density at radius 3 is 3.00 bits per heavy atom. The molecule has 5 atom stereocenters. The minimum absolute atomic E-state index is 0.582. The lowest BCUT2D eigenvalue weighted by atomic mass is 9.80. The van der Waals surface area contributed by atoms with E-state index in [2.05, 4.69) is 12.2 Å². The number of methoxy groups -OCH3 is 1. The van der Waals surface area contributed by atoms with Crippen molar-refractivity contribution in [3.05, 3.63) is 12.2 Å². The summed E-state index contributed by atoms with van der Waals surface area (Å²) in [6.07, 6.45) is 9.54. The molecule has 0 aromatic carbocycles. The Morgan fingerprint density at radius 2 is 2.17 bits per heavy atom. The number of ether oxygens (including phenoxy) is 1. The van der Waals surface area contributed by atoms with Crippen LogP contribution in [0.4, 0.5) is 0 Å². The zero-order valence-corrected chi connectivity index (χ0v) is 7.57. The van der Waals surface area contributed by atoms with Gasteiger partial charge in [-0.05, 0) is 42.9 Å². The molecular weight excluding hydrogens is 148 g/mol. The molecule has 1 heteroatoms. The first-order chi connectivity index (χ1) is 5.90. The summed E-state index contributed by atoms with van der Waals surface area (Å²) < 4.78 is 5.52. The van der Waals surface area contributed by atoms with Crippen LogP contribution in [-0.2, 0) is 4.74 Å². The first-order valence-corrected chi connectivity index (χ1v) is 5.09. The fourth-order valence-corrected chi connectivity index (χ4v) is 3.76. The minimum Gasteiger partial charge on any atom is -0.381 e. The third-order valence-electron chi connectivity index (χ3n) is 4.25. The highest BCUT2D eigenvalue weighted by Crippen LogP contribution is 2.56. The maximum Gasteiger partial charge on any atom is 0.0608 e. The monoisotopic (exact) mass is 164 g/mol. The van der Waals surface area contributed by atoms with Gasteiger partial charge in [0.2, 0.25) is 0 Å². The molecule has 3 rings (SSSR count). The average Bonchev–Trinajstić information content (AvgIpc) is 2.75. The van der Waals surface area contributed by atoms with E-state index in [1.54, 1.807) is 0 Å². The standard InChI is InChI=1S/C11H16O/c1-12-11-6-7-5-10(11)9-4-2-3-8(7)9/h2,4,7-11H,3,5-6H2,1H3/t7-,8+,9+,10-,11+/m0/s1. The molecule has 0 unspecified atom stereocenters. The fraction of sp³-hybridized carbons (Fsp3) is 0.818. The Bertz CT molecular complexity index is 221. The van der Waals surface area contributed by atoms with Crippen molar-refractivity contribution in [3.63, 3.8) is 0 Å². The van der Waals surface area contributed by atoms with E-state index in [0.29, 0.717) is 6.10 Å². The van der Waals surface area contributed by atoms with Gasteiger partial charge in [0.05, 0.1) is 6.10 Å². The van der Waals surface area contributed by atoms with Crippen molar-refractivity contribution in [3.8, 4) is 0 Å². The normalized spacial score (nSPS) is 54.9. The van der Waals surface area contributed by atoms with Gasteiger partial charge in [-0.1, -0.05) is 12.2 Å². The van der Waals surface area contributed by atoms with Crippen molar-refractivity contribution in [2.24, 2.45) is 23.7 Å². The van der Waals surface area contributed by atoms with Crippen molar-refractivity contribution in [1.29, 1.82) is 0 Å². The van der Waals surface area contributed by atoms with Crippen molar-refractivity contribution in [1.82, 2.24) is 0 Å². The predicted octanol–water partition coefficient (Wildman–Crippen LogP) is 2.23. The Labute approximate surface area is 73.8 Å². The molecule has 0 radical (unpaired) electrons. The van der Waals surface area contributed by atoms with Gasteiger partial charge >= 0.3 is 0 Å². The van der Waals surface area contributed by atoms with E-state index in [9.17, 15) is 0 Å². The minimum atomic E-state index is 0.582. The molecule has 0 aliphatic heterocycles. The van der Waals surface area contributed by atoms with Gasteiger partial charge in [-0.3, -0.25) is 0 Å². The van der Waals surface area contributed by atoms with E-state index < -0.39 is 0 Å². The molecule has 3 aliphatic carbocycles. The molecule has 0 spiro atoms. The lowest BCUT2D eigenvalue weighted by Gasteiger charge is -2.30. The highest BCUT2D eigenvalue weighted by atomic mass is 16.5. The summed E-state index contributed by atoms with van der Waals surface area (Å²) in [5.41, 5.74) is 0. The van der Waals surface area contributed by atoms with Crippen LogP contribution in [0.5, 0.6) is 0 Å². The Hall–Kier alpha value is -0.300. The van der Waals surface area contributed by atoms with E-state index in [1.165, 1.54) is 19.3 Å². The molecule has 2 fully saturated rings. The van der Waals surface area contributed by atoms with Crippen LogP contribution < -0.4 is 0 Å². The van der Waals surface area contributed by atoms with Gasteiger partial charge in [-0.15, -0.1) is 0 Å². The van der Waals surface area contributed by atoms with Crippen molar-refractivity contribution in [2.75, 3.05) is 7.11 Å². The van der Waals surface area contributed by atoms with Gasteiger partial charge in [0.1, 0.15) is 0 Å². The molecule has 0 aromatic rings. The lowest BCUT2D eigenvalue weighted by Crippen LogP contribution is -2.29. The smallest absolute Gasteiger partial charge is 0.0608 e. The Morgan fingerprint density at radius 1 is 1.25 bits per heavy atom. The van der Waals surface area contributed by atoms with Crippen molar-refractivity contribution in [2.45, 2.75) is 25.4 Å². The number of allylic oxidation sites excluding steroid dienone is 2. The molecule has 2 bridgehead atoms. The number of rotatable bonds is 1. The van der Waals surface area contributed by atoms with Crippen LogP contribution in [0.3, 0.4) is 0 Å². The molecule has 0 aromatic heterocycles. The van der Waals surface area contributed by atoms with Gasteiger partial charge in [0.15, 0.2) is 0 Å². The van der Waals surface area contributed by atoms with Crippen LogP contribution in [0.2, 0.25) is 0 Å². The Balaban J connectivity index is 1.87. The molecule has 0 amide bonds. The number of hydrogen-bond donors (Lipinski definition) is 0. The van der Waals surface area contributed by atoms with Crippen molar-refractivity contribution < 1.29 is 4.74 Å². The van der Waals surface area contributed by atoms with Crippen LogP contribution in [0.25, 0.3) is 0 Å². The molecule has 0 heterocycles. The van der Waals surface area contributed by atoms with E-state index in [-0.39, 0.29) is 0 Å². The molecule has 66 valence electrons. The number of hydrogen-bond acceptors (Lipinski definition) is 1. The summed E-state index contributed by atoms with van der Waals surface area (Å²) in [4.78, 5) is 0. The first-order valence-electron chi connectivity index (χ1n) is 5.09. The van der Waals surface area contributed by atoms with E-state index in [0.717, 1.165) is 23.7 Å². The highest BCUT2D eigenvalue weighted by Gasteiger charge is 2.52. The fourth-order valence-electron chi connectivity index (χ4n) is 3.76. The average molecular weight is 164 g/mol. The van der Waals surface area contributed by atoms with E-state index in [4.69, 9.17) is 4.74 Å². The quantitative estimate of drug-likeness (QED) is 0.540. The highest BCUT2D eigenvalue weighted by molar-refractivity contribution is 5.14. The summed E-state index contributed by atoms with van der Waals surface area (Å²) in [6, 6.07) is 0. The zero-order chi connectivity index (χ0) is 8.13. The van der Waals surface area contributed by atoms with Crippen molar-refractivity contribution >= 4 is 0 Å². The lowest BCUT2D eigenvalue weighted by molar-refractivity contribution is 0.0300. The first kappa shape index (κ1) is 7.14. The van der Waals surface area contributed by atoms with E-state index >= 15 is 0 Å². The maximum absolute atomic E-state index is 5.52. The molecule has 2 saturated carbocycles.